The van der Waals surface area contributed by atoms with Crippen molar-refractivity contribution in [2.75, 3.05) is 13.3 Å². The Balaban J connectivity index is 1.75. The SMILES string of the molecule is NC(CN1C(=O)CCC1=O)c1ccc2c(c1)OCO2. The minimum Gasteiger partial charge on any atom is -0.454 e. The van der Waals surface area contributed by atoms with Crippen molar-refractivity contribution in [1.82, 2.24) is 4.90 Å². The first-order valence-corrected chi connectivity index (χ1v) is 6.13. The Hall–Kier alpha value is -2.08. The van der Waals surface area contributed by atoms with Crippen LogP contribution in [0.5, 0.6) is 11.5 Å². The quantitative estimate of drug-likeness (QED) is 0.805. The summed E-state index contributed by atoms with van der Waals surface area (Å²) in [6, 6.07) is 4.98. The maximum absolute atomic E-state index is 11.5. The van der Waals surface area contributed by atoms with Crippen LogP contribution >= 0.6 is 0 Å². The van der Waals surface area contributed by atoms with E-state index in [1.807, 2.05) is 6.07 Å². The number of hydrogen-bond acceptors (Lipinski definition) is 5. The first-order chi connectivity index (χ1) is 9.15. The van der Waals surface area contributed by atoms with E-state index in [1.54, 1.807) is 12.1 Å². The van der Waals surface area contributed by atoms with Crippen molar-refractivity contribution < 1.29 is 19.1 Å². The zero-order chi connectivity index (χ0) is 13.4. The van der Waals surface area contributed by atoms with Crippen molar-refractivity contribution in [1.29, 1.82) is 0 Å². The normalized spacial score (nSPS) is 19.1. The number of hydrogen-bond donors (Lipinski definition) is 1. The number of imide groups is 1. The van der Waals surface area contributed by atoms with Crippen molar-refractivity contribution in [3.63, 3.8) is 0 Å². The molecule has 3 rings (SSSR count). The van der Waals surface area contributed by atoms with Gasteiger partial charge in [-0.3, -0.25) is 14.5 Å². The summed E-state index contributed by atoms with van der Waals surface area (Å²) in [5.41, 5.74) is 6.87. The number of likely N-dealkylation sites (tertiary alicyclic amines) is 1. The van der Waals surface area contributed by atoms with Gasteiger partial charge in [0.15, 0.2) is 11.5 Å². The smallest absolute Gasteiger partial charge is 0.231 e. The van der Waals surface area contributed by atoms with Crippen LogP contribution in [-0.4, -0.2) is 30.1 Å². The summed E-state index contributed by atoms with van der Waals surface area (Å²) in [4.78, 5) is 24.3. The number of nitrogens with zero attached hydrogens (tertiary/aromatic N) is 1. The van der Waals surface area contributed by atoms with Gasteiger partial charge in [-0.2, -0.15) is 0 Å². The molecule has 0 bridgehead atoms. The van der Waals surface area contributed by atoms with Gasteiger partial charge in [-0.15, -0.1) is 0 Å². The molecule has 2 aliphatic heterocycles. The number of amides is 2. The van der Waals surface area contributed by atoms with Crippen molar-refractivity contribution >= 4 is 11.8 Å². The van der Waals surface area contributed by atoms with E-state index in [1.165, 1.54) is 4.90 Å². The molecule has 1 saturated heterocycles. The van der Waals surface area contributed by atoms with Gasteiger partial charge in [-0.1, -0.05) is 6.07 Å². The zero-order valence-electron chi connectivity index (χ0n) is 10.3. The highest BCUT2D eigenvalue weighted by molar-refractivity contribution is 6.01. The number of benzene rings is 1. The third kappa shape index (κ3) is 2.15. The van der Waals surface area contributed by atoms with Gasteiger partial charge in [0, 0.05) is 25.4 Å². The van der Waals surface area contributed by atoms with Gasteiger partial charge in [0.1, 0.15) is 0 Å². The van der Waals surface area contributed by atoms with Crippen LogP contribution in [0, 0.1) is 0 Å². The molecule has 1 aromatic rings. The molecule has 1 unspecified atom stereocenters. The predicted molar refractivity (Wildman–Crippen MR) is 65.4 cm³/mol. The van der Waals surface area contributed by atoms with Gasteiger partial charge in [-0.05, 0) is 17.7 Å². The molecule has 1 fully saturated rings. The zero-order valence-corrected chi connectivity index (χ0v) is 10.3. The molecule has 0 radical (unpaired) electrons. The Morgan fingerprint density at radius 3 is 2.58 bits per heavy atom. The second-order valence-electron chi connectivity index (χ2n) is 4.62. The maximum Gasteiger partial charge on any atom is 0.231 e. The van der Waals surface area contributed by atoms with Crippen LogP contribution in [0.4, 0.5) is 0 Å². The molecule has 2 aliphatic rings. The fraction of sp³-hybridized carbons (Fsp3) is 0.385. The molecule has 100 valence electrons. The average Bonchev–Trinajstić information content (AvgIpc) is 2.99. The highest BCUT2D eigenvalue weighted by Gasteiger charge is 2.30. The average molecular weight is 262 g/mol. The minimum absolute atomic E-state index is 0.152. The number of nitrogens with two attached hydrogens (primary N) is 1. The number of carbonyl (C=O) groups is 2. The Morgan fingerprint density at radius 2 is 1.84 bits per heavy atom. The topological polar surface area (TPSA) is 81.9 Å². The first-order valence-electron chi connectivity index (χ1n) is 6.13. The minimum atomic E-state index is -0.416. The van der Waals surface area contributed by atoms with Gasteiger partial charge >= 0.3 is 0 Å². The van der Waals surface area contributed by atoms with Crippen molar-refractivity contribution in [3.8, 4) is 11.5 Å². The molecule has 2 N–H and O–H groups in total. The molecule has 0 aliphatic carbocycles. The highest BCUT2D eigenvalue weighted by atomic mass is 16.7. The van der Waals surface area contributed by atoms with E-state index in [0.717, 1.165) is 5.56 Å². The van der Waals surface area contributed by atoms with Crippen molar-refractivity contribution in [2.24, 2.45) is 5.73 Å². The molecule has 6 heteroatoms. The second kappa shape index (κ2) is 4.55. The molecule has 19 heavy (non-hydrogen) atoms. The van der Waals surface area contributed by atoms with Crippen LogP contribution < -0.4 is 15.2 Å². The summed E-state index contributed by atoms with van der Waals surface area (Å²) in [6.07, 6.45) is 0.569. The van der Waals surface area contributed by atoms with Crippen molar-refractivity contribution in [2.45, 2.75) is 18.9 Å². The van der Waals surface area contributed by atoms with Crippen LogP contribution in [0.3, 0.4) is 0 Å². The lowest BCUT2D eigenvalue weighted by Crippen LogP contribution is -2.36. The van der Waals surface area contributed by atoms with E-state index < -0.39 is 6.04 Å². The fourth-order valence-electron chi connectivity index (χ4n) is 2.27. The maximum atomic E-state index is 11.5. The van der Waals surface area contributed by atoms with E-state index in [-0.39, 0.29) is 38.0 Å². The van der Waals surface area contributed by atoms with Crippen molar-refractivity contribution in [3.05, 3.63) is 23.8 Å². The summed E-state index contributed by atoms with van der Waals surface area (Å²) < 4.78 is 10.5. The van der Waals surface area contributed by atoms with Gasteiger partial charge in [0.25, 0.3) is 0 Å². The van der Waals surface area contributed by atoms with Gasteiger partial charge in [0.05, 0.1) is 0 Å². The van der Waals surface area contributed by atoms with Gasteiger partial charge < -0.3 is 15.2 Å². The third-order valence-electron chi connectivity index (χ3n) is 3.36. The fourth-order valence-corrected chi connectivity index (χ4v) is 2.27. The molecular formula is C13H14N2O4. The number of ether oxygens (including phenoxy) is 2. The largest absolute Gasteiger partial charge is 0.454 e. The predicted octanol–water partition coefficient (Wildman–Crippen LogP) is 0.564. The number of fused-ring (bicyclic) bond motifs is 1. The molecule has 0 saturated carbocycles. The van der Waals surface area contributed by atoms with Crippen LogP contribution in [-0.2, 0) is 9.59 Å². The summed E-state index contributed by atoms with van der Waals surface area (Å²) in [5, 5.41) is 0. The van der Waals surface area contributed by atoms with Crippen LogP contribution in [0.15, 0.2) is 18.2 Å². The second-order valence-corrected chi connectivity index (χ2v) is 4.62. The molecule has 6 nitrogen and oxygen atoms in total. The lowest BCUT2D eigenvalue weighted by Gasteiger charge is -2.19. The van der Waals surface area contributed by atoms with Gasteiger partial charge in [-0.25, -0.2) is 0 Å². The monoisotopic (exact) mass is 262 g/mol. The molecule has 0 aromatic heterocycles. The molecule has 2 heterocycles. The van der Waals surface area contributed by atoms with E-state index >= 15 is 0 Å². The van der Waals surface area contributed by atoms with Crippen LogP contribution in [0.1, 0.15) is 24.4 Å². The Kier molecular flexibility index (Phi) is 2.87. The lowest BCUT2D eigenvalue weighted by atomic mass is 10.1. The summed E-state index contributed by atoms with van der Waals surface area (Å²) in [6.45, 7) is 0.411. The highest BCUT2D eigenvalue weighted by Crippen LogP contribution is 2.34. The Labute approximate surface area is 110 Å². The van der Waals surface area contributed by atoms with Crippen LogP contribution in [0.2, 0.25) is 0 Å². The van der Waals surface area contributed by atoms with E-state index in [2.05, 4.69) is 0 Å². The standard InChI is InChI=1S/C13H14N2O4/c14-9(6-15-12(16)3-4-13(15)17)8-1-2-10-11(5-8)19-7-18-10/h1-2,5,9H,3-4,6-7,14H2. The van der Waals surface area contributed by atoms with E-state index in [4.69, 9.17) is 15.2 Å². The number of rotatable bonds is 3. The van der Waals surface area contributed by atoms with E-state index in [9.17, 15) is 9.59 Å². The first kappa shape index (κ1) is 12.0. The Morgan fingerprint density at radius 1 is 1.16 bits per heavy atom. The molecular weight excluding hydrogens is 248 g/mol. The molecule has 1 aromatic carbocycles. The van der Waals surface area contributed by atoms with E-state index in [0.29, 0.717) is 11.5 Å². The summed E-state index contributed by atoms with van der Waals surface area (Å²) >= 11 is 0. The lowest BCUT2D eigenvalue weighted by molar-refractivity contribution is -0.138. The molecule has 1 atom stereocenters. The summed E-state index contributed by atoms with van der Waals surface area (Å²) in [7, 11) is 0. The molecule has 2 amide bonds. The van der Waals surface area contributed by atoms with Crippen LogP contribution in [0.25, 0.3) is 0 Å². The number of carbonyl (C=O) groups excluding carboxylic acids is 2. The Bertz CT molecular complexity index is 527. The van der Waals surface area contributed by atoms with Gasteiger partial charge in [0.2, 0.25) is 18.6 Å². The summed E-state index contributed by atoms with van der Waals surface area (Å²) in [5.74, 6) is 1.03. The third-order valence-corrected chi connectivity index (χ3v) is 3.36. The molecule has 0 spiro atoms.